The molecule has 0 radical (unpaired) electrons. The van der Waals surface area contributed by atoms with Crippen LogP contribution in [0.2, 0.25) is 0 Å². The van der Waals surface area contributed by atoms with Crippen LogP contribution >= 0.6 is 0 Å². The number of fused-ring (bicyclic) bond motifs is 1. The van der Waals surface area contributed by atoms with Crippen molar-refractivity contribution in [1.29, 1.82) is 0 Å². The van der Waals surface area contributed by atoms with Gasteiger partial charge in [0.15, 0.2) is 0 Å². The first kappa shape index (κ1) is 15.2. The molecule has 0 aromatic heterocycles. The molecule has 1 aliphatic rings. The van der Waals surface area contributed by atoms with Crippen LogP contribution in [0.4, 0.5) is 0 Å². The van der Waals surface area contributed by atoms with Crippen LogP contribution in [0.15, 0.2) is 23.1 Å². The van der Waals surface area contributed by atoms with Gasteiger partial charge in [-0.05, 0) is 30.7 Å². The monoisotopic (exact) mass is 300 g/mol. The van der Waals surface area contributed by atoms with Gasteiger partial charge in [0.1, 0.15) is 5.75 Å². The molecule has 20 heavy (non-hydrogen) atoms. The van der Waals surface area contributed by atoms with Crippen LogP contribution < -0.4 is 14.8 Å². The van der Waals surface area contributed by atoms with Crippen molar-refractivity contribution in [2.45, 2.75) is 24.3 Å². The second-order valence-electron chi connectivity index (χ2n) is 4.82. The highest BCUT2D eigenvalue weighted by Crippen LogP contribution is 2.27. The standard InChI is InChI=1S/C13H20N2O4S/c1-10(16)9-14-5-6-15-20(17,18)12-2-3-13-11(8-12)4-7-19-13/h2-3,8,10,14-16H,4-7,9H2,1H3. The van der Waals surface area contributed by atoms with E-state index in [2.05, 4.69) is 10.0 Å². The Morgan fingerprint density at radius 2 is 2.20 bits per heavy atom. The van der Waals surface area contributed by atoms with E-state index in [0.29, 0.717) is 19.7 Å². The lowest BCUT2D eigenvalue weighted by Crippen LogP contribution is -2.34. The van der Waals surface area contributed by atoms with E-state index in [1.54, 1.807) is 25.1 Å². The van der Waals surface area contributed by atoms with Crippen molar-refractivity contribution in [2.24, 2.45) is 0 Å². The summed E-state index contributed by atoms with van der Waals surface area (Å²) in [6, 6.07) is 4.91. The zero-order chi connectivity index (χ0) is 14.6. The summed E-state index contributed by atoms with van der Waals surface area (Å²) in [5.41, 5.74) is 0.931. The van der Waals surface area contributed by atoms with Gasteiger partial charge in [-0.25, -0.2) is 13.1 Å². The summed E-state index contributed by atoms with van der Waals surface area (Å²) in [5, 5.41) is 12.0. The van der Waals surface area contributed by atoms with E-state index in [1.165, 1.54) is 0 Å². The van der Waals surface area contributed by atoms with Crippen molar-refractivity contribution >= 4 is 10.0 Å². The third-order valence-corrected chi connectivity index (χ3v) is 4.46. The lowest BCUT2D eigenvalue weighted by Gasteiger charge is -2.09. The maximum absolute atomic E-state index is 12.1. The van der Waals surface area contributed by atoms with E-state index in [1.807, 2.05) is 0 Å². The van der Waals surface area contributed by atoms with Gasteiger partial charge in [-0.15, -0.1) is 0 Å². The first-order valence-electron chi connectivity index (χ1n) is 6.63. The molecule has 1 aliphatic heterocycles. The molecule has 0 saturated carbocycles. The summed E-state index contributed by atoms with van der Waals surface area (Å²) < 4.78 is 32.1. The number of nitrogens with one attached hydrogen (secondary N) is 2. The molecule has 1 unspecified atom stereocenters. The van der Waals surface area contributed by atoms with E-state index in [4.69, 9.17) is 9.84 Å². The predicted octanol–water partition coefficient (Wildman–Crippen LogP) is -0.130. The molecule has 1 aromatic rings. The smallest absolute Gasteiger partial charge is 0.240 e. The molecule has 0 fully saturated rings. The fourth-order valence-corrected chi connectivity index (χ4v) is 3.08. The molecule has 3 N–H and O–H groups in total. The number of rotatable bonds is 7. The van der Waals surface area contributed by atoms with E-state index in [-0.39, 0.29) is 11.4 Å². The summed E-state index contributed by atoms with van der Waals surface area (Å²) in [7, 11) is -3.49. The van der Waals surface area contributed by atoms with Crippen molar-refractivity contribution in [3.63, 3.8) is 0 Å². The van der Waals surface area contributed by atoms with Gasteiger partial charge in [0.25, 0.3) is 0 Å². The number of sulfonamides is 1. The SMILES string of the molecule is CC(O)CNCCNS(=O)(=O)c1ccc2c(c1)CCO2. The topological polar surface area (TPSA) is 87.7 Å². The van der Waals surface area contributed by atoms with Crippen LogP contribution in [0.3, 0.4) is 0 Å². The number of hydrogen-bond donors (Lipinski definition) is 3. The van der Waals surface area contributed by atoms with Crippen LogP contribution in [-0.2, 0) is 16.4 Å². The number of aliphatic hydroxyl groups excluding tert-OH is 1. The maximum Gasteiger partial charge on any atom is 0.240 e. The molecule has 1 atom stereocenters. The number of ether oxygens (including phenoxy) is 1. The molecule has 0 aliphatic carbocycles. The van der Waals surface area contributed by atoms with Crippen molar-refractivity contribution in [2.75, 3.05) is 26.2 Å². The molecule has 0 spiro atoms. The second-order valence-corrected chi connectivity index (χ2v) is 6.59. The van der Waals surface area contributed by atoms with Gasteiger partial charge in [0.05, 0.1) is 17.6 Å². The fraction of sp³-hybridized carbons (Fsp3) is 0.538. The molecule has 112 valence electrons. The van der Waals surface area contributed by atoms with Gasteiger partial charge in [0.2, 0.25) is 10.0 Å². The maximum atomic E-state index is 12.1. The van der Waals surface area contributed by atoms with Crippen LogP contribution in [0.25, 0.3) is 0 Å². The van der Waals surface area contributed by atoms with Gasteiger partial charge in [-0.2, -0.15) is 0 Å². The normalized spacial score (nSPS) is 15.7. The highest BCUT2D eigenvalue weighted by Gasteiger charge is 2.18. The number of hydrogen-bond acceptors (Lipinski definition) is 5. The first-order valence-corrected chi connectivity index (χ1v) is 8.11. The Bertz CT molecular complexity index is 557. The quantitative estimate of drug-likeness (QED) is 0.611. The summed E-state index contributed by atoms with van der Waals surface area (Å²) in [6.07, 6.45) is 0.303. The molecule has 1 heterocycles. The van der Waals surface area contributed by atoms with Crippen molar-refractivity contribution in [1.82, 2.24) is 10.0 Å². The average Bonchev–Trinajstić information content (AvgIpc) is 2.85. The first-order chi connectivity index (χ1) is 9.49. The summed E-state index contributed by atoms with van der Waals surface area (Å²) in [6.45, 7) is 3.47. The Morgan fingerprint density at radius 3 is 2.95 bits per heavy atom. The Balaban J connectivity index is 1.90. The van der Waals surface area contributed by atoms with Gasteiger partial charge < -0.3 is 15.2 Å². The van der Waals surface area contributed by atoms with E-state index in [9.17, 15) is 8.42 Å². The van der Waals surface area contributed by atoms with E-state index < -0.39 is 16.1 Å². The van der Waals surface area contributed by atoms with Gasteiger partial charge in [-0.1, -0.05) is 0 Å². The molecule has 0 bridgehead atoms. The van der Waals surface area contributed by atoms with Gasteiger partial charge >= 0.3 is 0 Å². The Hall–Kier alpha value is -1.15. The lowest BCUT2D eigenvalue weighted by atomic mass is 10.2. The minimum Gasteiger partial charge on any atom is -0.493 e. The highest BCUT2D eigenvalue weighted by molar-refractivity contribution is 7.89. The third-order valence-electron chi connectivity index (χ3n) is 3.00. The molecular weight excluding hydrogens is 280 g/mol. The summed E-state index contributed by atoms with van der Waals surface area (Å²) >= 11 is 0. The zero-order valence-corrected chi connectivity index (χ0v) is 12.2. The third kappa shape index (κ3) is 3.92. The lowest BCUT2D eigenvalue weighted by molar-refractivity contribution is 0.192. The molecule has 1 aromatic carbocycles. The minimum absolute atomic E-state index is 0.261. The van der Waals surface area contributed by atoms with Crippen molar-refractivity contribution in [3.8, 4) is 5.75 Å². The van der Waals surface area contributed by atoms with E-state index >= 15 is 0 Å². The highest BCUT2D eigenvalue weighted by atomic mass is 32.2. The number of aliphatic hydroxyl groups is 1. The fourth-order valence-electron chi connectivity index (χ4n) is 2.00. The summed E-state index contributed by atoms with van der Waals surface area (Å²) in [5.74, 6) is 0.766. The molecule has 0 amide bonds. The van der Waals surface area contributed by atoms with Crippen LogP contribution in [0.5, 0.6) is 5.75 Å². The Morgan fingerprint density at radius 1 is 1.40 bits per heavy atom. The Labute approximate surface area is 119 Å². The van der Waals surface area contributed by atoms with Crippen LogP contribution in [-0.4, -0.2) is 45.9 Å². The predicted molar refractivity (Wildman–Crippen MR) is 75.4 cm³/mol. The van der Waals surface area contributed by atoms with Gasteiger partial charge in [0, 0.05) is 26.1 Å². The zero-order valence-electron chi connectivity index (χ0n) is 11.4. The van der Waals surface area contributed by atoms with Crippen molar-refractivity contribution in [3.05, 3.63) is 23.8 Å². The van der Waals surface area contributed by atoms with E-state index in [0.717, 1.165) is 17.7 Å². The molecule has 0 saturated heterocycles. The molecule has 2 rings (SSSR count). The van der Waals surface area contributed by atoms with Crippen LogP contribution in [0, 0.1) is 0 Å². The molecular formula is C13H20N2O4S. The summed E-state index contributed by atoms with van der Waals surface area (Å²) in [4.78, 5) is 0.261. The number of benzene rings is 1. The van der Waals surface area contributed by atoms with Crippen molar-refractivity contribution < 1.29 is 18.3 Å². The average molecular weight is 300 g/mol. The Kier molecular flexibility index (Phi) is 4.98. The second kappa shape index (κ2) is 6.53. The minimum atomic E-state index is -3.49. The molecule has 6 nitrogen and oxygen atoms in total. The van der Waals surface area contributed by atoms with Crippen LogP contribution in [0.1, 0.15) is 12.5 Å². The van der Waals surface area contributed by atoms with Gasteiger partial charge in [-0.3, -0.25) is 0 Å². The molecule has 7 heteroatoms. The largest absolute Gasteiger partial charge is 0.493 e.